The van der Waals surface area contributed by atoms with E-state index in [9.17, 15) is 0 Å². The van der Waals surface area contributed by atoms with Crippen molar-refractivity contribution in [3.05, 3.63) is 24.0 Å². The summed E-state index contributed by atoms with van der Waals surface area (Å²) in [6.07, 6.45) is 7.59. The van der Waals surface area contributed by atoms with Gasteiger partial charge in [0.15, 0.2) is 0 Å². The molecule has 0 aliphatic heterocycles. The van der Waals surface area contributed by atoms with E-state index in [1.54, 1.807) is 0 Å². The second-order valence-electron chi connectivity index (χ2n) is 4.11. The lowest BCUT2D eigenvalue weighted by Crippen LogP contribution is -2.17. The van der Waals surface area contributed by atoms with E-state index in [0.717, 1.165) is 25.6 Å². The third-order valence-corrected chi connectivity index (χ3v) is 2.64. The first-order valence-corrected chi connectivity index (χ1v) is 5.80. The van der Waals surface area contributed by atoms with Crippen LogP contribution in [-0.4, -0.2) is 17.6 Å². The first-order valence-electron chi connectivity index (χ1n) is 5.80. The molecule has 1 saturated carbocycles. The molecule has 1 fully saturated rings. The Labute approximate surface area is 91.3 Å². The van der Waals surface area contributed by atoms with Gasteiger partial charge in [-0.05, 0) is 30.9 Å². The molecule has 0 unspecified atom stereocenters. The minimum Gasteiger partial charge on any atom is -0.384 e. The van der Waals surface area contributed by atoms with Crippen LogP contribution in [0.3, 0.4) is 0 Å². The molecule has 0 aromatic carbocycles. The van der Waals surface area contributed by atoms with Crippen molar-refractivity contribution in [1.29, 1.82) is 0 Å². The van der Waals surface area contributed by atoms with Gasteiger partial charge in [0.05, 0.1) is 11.9 Å². The maximum atomic E-state index is 4.15. The van der Waals surface area contributed by atoms with Crippen LogP contribution < -0.4 is 10.6 Å². The molecular weight excluding hydrogens is 186 g/mol. The molecule has 3 heteroatoms. The number of hydrogen-bond acceptors (Lipinski definition) is 3. The second kappa shape index (κ2) is 5.12. The number of hydrogen-bond donors (Lipinski definition) is 2. The molecule has 0 saturated heterocycles. The van der Waals surface area contributed by atoms with Crippen LogP contribution in [0.1, 0.15) is 31.7 Å². The van der Waals surface area contributed by atoms with Crippen molar-refractivity contribution in [2.24, 2.45) is 0 Å². The van der Waals surface area contributed by atoms with Gasteiger partial charge >= 0.3 is 0 Å². The Kier molecular flexibility index (Phi) is 3.56. The number of anilines is 1. The van der Waals surface area contributed by atoms with Crippen LogP contribution in [-0.2, 0) is 6.54 Å². The molecule has 15 heavy (non-hydrogen) atoms. The van der Waals surface area contributed by atoms with Crippen molar-refractivity contribution < 1.29 is 0 Å². The molecule has 1 aliphatic rings. The summed E-state index contributed by atoms with van der Waals surface area (Å²) in [6, 6.07) is 2.85. The fourth-order valence-corrected chi connectivity index (χ4v) is 1.54. The van der Waals surface area contributed by atoms with E-state index in [1.165, 1.54) is 24.1 Å². The Morgan fingerprint density at radius 2 is 2.33 bits per heavy atom. The molecule has 0 atom stereocenters. The highest BCUT2D eigenvalue weighted by Gasteiger charge is 2.20. The van der Waals surface area contributed by atoms with E-state index in [4.69, 9.17) is 0 Å². The number of aromatic nitrogens is 1. The van der Waals surface area contributed by atoms with Crippen molar-refractivity contribution in [2.45, 2.75) is 38.8 Å². The summed E-state index contributed by atoms with van der Waals surface area (Å²) in [6.45, 7) is 4.15. The van der Waals surface area contributed by atoms with Crippen molar-refractivity contribution in [2.75, 3.05) is 11.9 Å². The first-order chi connectivity index (χ1) is 7.40. The van der Waals surface area contributed by atoms with Gasteiger partial charge in [-0.25, -0.2) is 0 Å². The van der Waals surface area contributed by atoms with Crippen LogP contribution in [0.15, 0.2) is 18.5 Å². The van der Waals surface area contributed by atoms with Crippen molar-refractivity contribution in [3.8, 4) is 0 Å². The van der Waals surface area contributed by atoms with Crippen LogP contribution in [0.2, 0.25) is 0 Å². The molecule has 1 aromatic heterocycles. The van der Waals surface area contributed by atoms with Gasteiger partial charge in [0, 0.05) is 25.3 Å². The van der Waals surface area contributed by atoms with Crippen LogP contribution in [0.25, 0.3) is 0 Å². The van der Waals surface area contributed by atoms with Crippen molar-refractivity contribution >= 4 is 5.69 Å². The maximum Gasteiger partial charge on any atom is 0.0572 e. The summed E-state index contributed by atoms with van der Waals surface area (Å²) in [5.41, 5.74) is 2.50. The summed E-state index contributed by atoms with van der Waals surface area (Å²) < 4.78 is 0. The van der Waals surface area contributed by atoms with E-state index >= 15 is 0 Å². The van der Waals surface area contributed by atoms with Crippen LogP contribution in [0, 0.1) is 0 Å². The van der Waals surface area contributed by atoms with E-state index in [1.807, 2.05) is 12.4 Å². The quantitative estimate of drug-likeness (QED) is 0.747. The molecule has 0 amide bonds. The average molecular weight is 205 g/mol. The normalized spacial score (nSPS) is 15.3. The zero-order chi connectivity index (χ0) is 10.5. The molecular formula is C12H19N3. The van der Waals surface area contributed by atoms with Gasteiger partial charge in [-0.1, -0.05) is 6.92 Å². The lowest BCUT2D eigenvalue weighted by Gasteiger charge is -2.11. The number of rotatable bonds is 6. The minimum absolute atomic E-state index is 0.761. The molecule has 1 aromatic rings. The van der Waals surface area contributed by atoms with Gasteiger partial charge in [0.25, 0.3) is 0 Å². The Bertz CT molecular complexity index is 307. The number of pyridine rings is 1. The highest BCUT2D eigenvalue weighted by Crippen LogP contribution is 2.20. The summed E-state index contributed by atoms with van der Waals surface area (Å²) >= 11 is 0. The number of nitrogens with one attached hydrogen (secondary N) is 2. The van der Waals surface area contributed by atoms with E-state index in [2.05, 4.69) is 28.6 Å². The Balaban J connectivity index is 1.93. The highest BCUT2D eigenvalue weighted by molar-refractivity contribution is 5.48. The molecule has 1 aliphatic carbocycles. The van der Waals surface area contributed by atoms with Gasteiger partial charge in [-0.2, -0.15) is 0 Å². The van der Waals surface area contributed by atoms with E-state index < -0.39 is 0 Å². The van der Waals surface area contributed by atoms with Crippen LogP contribution in [0.4, 0.5) is 5.69 Å². The van der Waals surface area contributed by atoms with Gasteiger partial charge in [0.1, 0.15) is 0 Å². The molecule has 82 valence electrons. The van der Waals surface area contributed by atoms with Crippen LogP contribution in [0.5, 0.6) is 0 Å². The van der Waals surface area contributed by atoms with Gasteiger partial charge < -0.3 is 10.6 Å². The summed E-state index contributed by atoms with van der Waals surface area (Å²) in [5, 5.41) is 6.93. The smallest absolute Gasteiger partial charge is 0.0572 e. The van der Waals surface area contributed by atoms with E-state index in [0.29, 0.717) is 0 Å². The second-order valence-corrected chi connectivity index (χ2v) is 4.11. The molecule has 0 bridgehead atoms. The lowest BCUT2D eigenvalue weighted by atomic mass is 10.2. The van der Waals surface area contributed by atoms with Gasteiger partial charge in [-0.3, -0.25) is 4.98 Å². The Morgan fingerprint density at radius 1 is 1.47 bits per heavy atom. The highest BCUT2D eigenvalue weighted by atomic mass is 15.0. The fourth-order valence-electron chi connectivity index (χ4n) is 1.54. The summed E-state index contributed by atoms with van der Waals surface area (Å²) in [4.78, 5) is 4.15. The largest absolute Gasteiger partial charge is 0.384 e. The minimum atomic E-state index is 0.761. The monoisotopic (exact) mass is 205 g/mol. The third kappa shape index (κ3) is 3.20. The predicted molar refractivity (Wildman–Crippen MR) is 62.9 cm³/mol. The fraction of sp³-hybridized carbons (Fsp3) is 0.583. The van der Waals surface area contributed by atoms with Gasteiger partial charge in [0.2, 0.25) is 0 Å². The molecule has 0 radical (unpaired) electrons. The van der Waals surface area contributed by atoms with Crippen molar-refractivity contribution in [1.82, 2.24) is 10.3 Å². The number of nitrogens with zero attached hydrogens (tertiary/aromatic N) is 1. The van der Waals surface area contributed by atoms with Gasteiger partial charge in [-0.15, -0.1) is 0 Å². The zero-order valence-electron chi connectivity index (χ0n) is 9.29. The molecule has 1 heterocycles. The Hall–Kier alpha value is -1.09. The van der Waals surface area contributed by atoms with Crippen LogP contribution >= 0.6 is 0 Å². The zero-order valence-corrected chi connectivity index (χ0v) is 9.29. The maximum absolute atomic E-state index is 4.15. The third-order valence-electron chi connectivity index (χ3n) is 2.64. The molecule has 3 nitrogen and oxygen atoms in total. The Morgan fingerprint density at radius 3 is 3.07 bits per heavy atom. The molecule has 2 N–H and O–H groups in total. The predicted octanol–water partition coefficient (Wildman–Crippen LogP) is 2.16. The summed E-state index contributed by atoms with van der Waals surface area (Å²) in [7, 11) is 0. The first kappa shape index (κ1) is 10.4. The van der Waals surface area contributed by atoms with E-state index in [-0.39, 0.29) is 0 Å². The molecule has 2 rings (SSSR count). The molecule has 0 spiro atoms. The lowest BCUT2D eigenvalue weighted by molar-refractivity contribution is 0.687. The van der Waals surface area contributed by atoms with Crippen molar-refractivity contribution in [3.63, 3.8) is 0 Å². The average Bonchev–Trinajstić information content (AvgIpc) is 3.08. The SMILES string of the molecule is CCCNc1cnccc1CNC1CC1. The topological polar surface area (TPSA) is 37.0 Å². The summed E-state index contributed by atoms with van der Waals surface area (Å²) in [5.74, 6) is 0. The standard InChI is InChI=1S/C12H19N3/c1-2-6-14-12-9-13-7-5-10(12)8-15-11-3-4-11/h5,7,9,11,14-15H,2-4,6,8H2,1H3.